The van der Waals surface area contributed by atoms with Gasteiger partial charge < -0.3 is 14.6 Å². The Balaban J connectivity index is 1.34. The summed E-state index contributed by atoms with van der Waals surface area (Å²) >= 11 is 9.24. The van der Waals surface area contributed by atoms with Gasteiger partial charge in [-0.05, 0) is 49.7 Å². The van der Waals surface area contributed by atoms with Gasteiger partial charge in [-0.15, -0.1) is 23.1 Å². The van der Waals surface area contributed by atoms with Crippen molar-refractivity contribution in [2.75, 3.05) is 18.2 Å². The Morgan fingerprint density at radius 1 is 1.23 bits per heavy atom. The van der Waals surface area contributed by atoms with Crippen LogP contribution >= 0.6 is 34.7 Å². The van der Waals surface area contributed by atoms with Crippen LogP contribution < -0.4 is 5.32 Å². The van der Waals surface area contributed by atoms with Crippen LogP contribution in [0.3, 0.4) is 0 Å². The molecule has 4 aromatic rings. The zero-order chi connectivity index (χ0) is 24.7. The average molecular weight is 530 g/mol. The number of carbonyl (C=O) groups is 2. The molecule has 2 aromatic heterocycles. The third-order valence-corrected chi connectivity index (χ3v) is 8.19. The standard InChI is InChI=1S/C25H21ClFN3O3S2/c1-13-9-19-18(7-8-20(26)22(19)33-13)24(31)28-10-17-11-34-12-30(17)25(32)21-23(35-14(2)29-21)15-3-5-16(27)6-4-15/h3-9,17H,10-12H2,1-2H3,(H,28,31)/t17-/m1/s1. The maximum Gasteiger partial charge on any atom is 0.275 e. The zero-order valence-electron chi connectivity index (χ0n) is 18.9. The molecule has 0 unspecified atom stereocenters. The Labute approximate surface area is 214 Å². The molecular weight excluding hydrogens is 509 g/mol. The molecule has 3 heterocycles. The molecular formula is C25H21ClFN3O3S2. The molecule has 1 saturated heterocycles. The molecule has 1 aliphatic heterocycles. The lowest BCUT2D eigenvalue weighted by atomic mass is 10.1. The third kappa shape index (κ3) is 4.68. The second-order valence-corrected chi connectivity index (χ2v) is 10.9. The third-order valence-electron chi connectivity index (χ3n) is 5.79. The number of furan rings is 1. The number of hydrogen-bond acceptors (Lipinski definition) is 6. The molecule has 2 aromatic carbocycles. The van der Waals surface area contributed by atoms with E-state index >= 15 is 0 Å². The van der Waals surface area contributed by atoms with Crippen LogP contribution in [0.4, 0.5) is 4.39 Å². The lowest BCUT2D eigenvalue weighted by molar-refractivity contribution is 0.0732. The number of thiazole rings is 1. The Kier molecular flexibility index (Phi) is 6.57. The molecule has 0 radical (unpaired) electrons. The lowest BCUT2D eigenvalue weighted by Crippen LogP contribution is -2.44. The van der Waals surface area contributed by atoms with Crippen molar-refractivity contribution in [3.8, 4) is 10.4 Å². The minimum absolute atomic E-state index is 0.187. The van der Waals surface area contributed by atoms with Crippen LogP contribution in [-0.4, -0.2) is 45.9 Å². The normalized spacial score (nSPS) is 15.7. The summed E-state index contributed by atoms with van der Waals surface area (Å²) in [5, 5.41) is 4.83. The van der Waals surface area contributed by atoms with Crippen molar-refractivity contribution in [2.24, 2.45) is 0 Å². The smallest absolute Gasteiger partial charge is 0.275 e. The van der Waals surface area contributed by atoms with E-state index in [1.807, 2.05) is 6.92 Å². The summed E-state index contributed by atoms with van der Waals surface area (Å²) in [6.45, 7) is 3.94. The van der Waals surface area contributed by atoms with Crippen LogP contribution in [0.2, 0.25) is 5.02 Å². The number of halogens is 2. The summed E-state index contributed by atoms with van der Waals surface area (Å²) in [7, 11) is 0. The van der Waals surface area contributed by atoms with Gasteiger partial charge in [0.05, 0.1) is 32.4 Å². The SMILES string of the molecule is Cc1cc2c(C(=O)NC[C@@H]3CSCN3C(=O)c3nc(C)sc3-c3ccc(F)cc3)ccc(Cl)c2o1. The van der Waals surface area contributed by atoms with Crippen molar-refractivity contribution in [3.63, 3.8) is 0 Å². The molecule has 35 heavy (non-hydrogen) atoms. The molecule has 0 saturated carbocycles. The van der Waals surface area contributed by atoms with E-state index in [2.05, 4.69) is 10.3 Å². The first kappa shape index (κ1) is 23.8. The van der Waals surface area contributed by atoms with E-state index in [0.29, 0.717) is 56.1 Å². The van der Waals surface area contributed by atoms with Gasteiger partial charge in [0, 0.05) is 17.7 Å². The number of aromatic nitrogens is 1. The fourth-order valence-electron chi connectivity index (χ4n) is 4.10. The Bertz CT molecular complexity index is 1430. The topological polar surface area (TPSA) is 75.4 Å². The molecule has 0 spiro atoms. The largest absolute Gasteiger partial charge is 0.460 e. The van der Waals surface area contributed by atoms with E-state index in [-0.39, 0.29) is 23.7 Å². The van der Waals surface area contributed by atoms with E-state index < -0.39 is 0 Å². The summed E-state index contributed by atoms with van der Waals surface area (Å²) in [5.41, 5.74) is 2.06. The van der Waals surface area contributed by atoms with Gasteiger partial charge in [0.25, 0.3) is 11.8 Å². The Morgan fingerprint density at radius 3 is 2.77 bits per heavy atom. The van der Waals surface area contributed by atoms with Gasteiger partial charge >= 0.3 is 0 Å². The fourth-order valence-corrected chi connectivity index (χ4v) is 6.42. The number of amides is 2. The number of carbonyl (C=O) groups excluding carboxylic acids is 2. The summed E-state index contributed by atoms with van der Waals surface area (Å²) in [5.74, 6) is 1.08. The van der Waals surface area contributed by atoms with Crippen LogP contribution in [0.15, 0.2) is 46.9 Å². The van der Waals surface area contributed by atoms with E-state index in [9.17, 15) is 14.0 Å². The van der Waals surface area contributed by atoms with Crippen LogP contribution in [0, 0.1) is 19.7 Å². The van der Waals surface area contributed by atoms with E-state index in [0.717, 1.165) is 10.6 Å². The van der Waals surface area contributed by atoms with Crippen molar-refractivity contribution in [1.82, 2.24) is 15.2 Å². The van der Waals surface area contributed by atoms with Crippen LogP contribution in [0.25, 0.3) is 21.4 Å². The number of benzene rings is 2. The lowest BCUT2D eigenvalue weighted by Gasteiger charge is -2.24. The number of fused-ring (bicyclic) bond motifs is 1. The molecule has 10 heteroatoms. The summed E-state index contributed by atoms with van der Waals surface area (Å²) < 4.78 is 19.0. The number of nitrogens with zero attached hydrogens (tertiary/aromatic N) is 2. The average Bonchev–Trinajstić information content (AvgIpc) is 3.56. The highest BCUT2D eigenvalue weighted by atomic mass is 35.5. The van der Waals surface area contributed by atoms with E-state index in [1.165, 1.54) is 23.5 Å². The van der Waals surface area contributed by atoms with Gasteiger partial charge in [0.1, 0.15) is 17.3 Å². The van der Waals surface area contributed by atoms with Crippen molar-refractivity contribution in [2.45, 2.75) is 19.9 Å². The predicted molar refractivity (Wildman–Crippen MR) is 138 cm³/mol. The van der Waals surface area contributed by atoms with Crippen LogP contribution in [0.5, 0.6) is 0 Å². The first-order valence-electron chi connectivity index (χ1n) is 10.9. The van der Waals surface area contributed by atoms with Crippen molar-refractivity contribution < 1.29 is 18.4 Å². The van der Waals surface area contributed by atoms with Gasteiger partial charge in [-0.3, -0.25) is 9.59 Å². The van der Waals surface area contributed by atoms with Gasteiger partial charge in [-0.25, -0.2) is 9.37 Å². The summed E-state index contributed by atoms with van der Waals surface area (Å²) in [4.78, 5) is 33.5. The van der Waals surface area contributed by atoms with E-state index in [1.54, 1.807) is 53.9 Å². The molecule has 180 valence electrons. The van der Waals surface area contributed by atoms with Crippen molar-refractivity contribution in [3.05, 3.63) is 75.3 Å². The first-order chi connectivity index (χ1) is 16.8. The minimum atomic E-state index is -0.335. The molecule has 5 rings (SSSR count). The van der Waals surface area contributed by atoms with Crippen LogP contribution in [0.1, 0.15) is 31.6 Å². The molecule has 1 atom stereocenters. The molecule has 2 amide bonds. The maximum absolute atomic E-state index is 13.5. The molecule has 1 fully saturated rings. The van der Waals surface area contributed by atoms with Gasteiger partial charge in [-0.2, -0.15) is 0 Å². The van der Waals surface area contributed by atoms with E-state index in [4.69, 9.17) is 16.0 Å². The summed E-state index contributed by atoms with van der Waals surface area (Å²) in [6, 6.07) is 11.0. The van der Waals surface area contributed by atoms with Crippen LogP contribution in [-0.2, 0) is 0 Å². The number of nitrogens with one attached hydrogen (secondary N) is 1. The Morgan fingerprint density at radius 2 is 2.00 bits per heavy atom. The predicted octanol–water partition coefficient (Wildman–Crippen LogP) is 5.91. The number of thioether (sulfide) groups is 1. The Hall–Kier alpha value is -2.88. The van der Waals surface area contributed by atoms with Crippen molar-refractivity contribution >= 4 is 57.5 Å². The molecule has 1 N–H and O–H groups in total. The summed E-state index contributed by atoms with van der Waals surface area (Å²) in [6.07, 6.45) is 0. The molecule has 1 aliphatic rings. The second kappa shape index (κ2) is 9.64. The van der Waals surface area contributed by atoms with Gasteiger partial charge in [0.2, 0.25) is 0 Å². The molecule has 0 aliphatic carbocycles. The maximum atomic E-state index is 13.5. The highest BCUT2D eigenvalue weighted by Gasteiger charge is 2.33. The number of hydrogen-bond donors (Lipinski definition) is 1. The zero-order valence-corrected chi connectivity index (χ0v) is 21.3. The first-order valence-corrected chi connectivity index (χ1v) is 13.3. The molecule has 0 bridgehead atoms. The van der Waals surface area contributed by atoms with Gasteiger partial charge in [-0.1, -0.05) is 23.7 Å². The number of rotatable bonds is 5. The fraction of sp³-hybridized carbons (Fsp3) is 0.240. The minimum Gasteiger partial charge on any atom is -0.460 e. The number of aryl methyl sites for hydroxylation is 2. The monoisotopic (exact) mass is 529 g/mol. The highest BCUT2D eigenvalue weighted by Crippen LogP contribution is 2.33. The quantitative estimate of drug-likeness (QED) is 0.348. The second-order valence-electron chi connectivity index (χ2n) is 8.25. The highest BCUT2D eigenvalue weighted by molar-refractivity contribution is 7.99. The van der Waals surface area contributed by atoms with Gasteiger partial charge in [0.15, 0.2) is 5.58 Å². The van der Waals surface area contributed by atoms with Crippen molar-refractivity contribution in [1.29, 1.82) is 0 Å². The molecule has 6 nitrogen and oxygen atoms in total.